The summed E-state index contributed by atoms with van der Waals surface area (Å²) in [5, 5.41) is 2.88. The standard InChI is InChI=1S/C22H27N5O3/c1-6-30-19-10-8-7-9-16(19)24-22(29)26(4)14-20-23-17-13-15(21(28)25(2)3)11-12-18(17)27(20)5/h7-13H,6,14H2,1-5H3,(H,24,29). The molecule has 0 radical (unpaired) electrons. The molecule has 3 amide bonds. The highest BCUT2D eigenvalue weighted by Crippen LogP contribution is 2.24. The van der Waals surface area contributed by atoms with E-state index in [-0.39, 0.29) is 11.9 Å². The van der Waals surface area contributed by atoms with Crippen LogP contribution in [0.3, 0.4) is 0 Å². The summed E-state index contributed by atoms with van der Waals surface area (Å²) < 4.78 is 7.49. The number of hydrogen-bond donors (Lipinski definition) is 1. The van der Waals surface area contributed by atoms with Gasteiger partial charge in [-0.1, -0.05) is 12.1 Å². The summed E-state index contributed by atoms with van der Waals surface area (Å²) in [5.74, 6) is 1.27. The molecule has 3 rings (SSSR count). The van der Waals surface area contributed by atoms with Gasteiger partial charge in [-0.3, -0.25) is 4.79 Å². The fraction of sp³-hybridized carbons (Fsp3) is 0.318. The van der Waals surface area contributed by atoms with Crippen LogP contribution in [0.1, 0.15) is 23.1 Å². The molecule has 0 aliphatic carbocycles. The minimum absolute atomic E-state index is 0.0754. The number of nitrogens with zero attached hydrogens (tertiary/aromatic N) is 4. The van der Waals surface area contributed by atoms with E-state index in [9.17, 15) is 9.59 Å². The van der Waals surface area contributed by atoms with Crippen LogP contribution in [0.15, 0.2) is 42.5 Å². The van der Waals surface area contributed by atoms with Gasteiger partial charge in [0.2, 0.25) is 0 Å². The molecule has 0 fully saturated rings. The van der Waals surface area contributed by atoms with Gasteiger partial charge >= 0.3 is 6.03 Å². The van der Waals surface area contributed by atoms with Crippen molar-refractivity contribution in [1.82, 2.24) is 19.4 Å². The van der Waals surface area contributed by atoms with E-state index in [1.54, 1.807) is 44.2 Å². The molecule has 8 nitrogen and oxygen atoms in total. The number of para-hydroxylation sites is 2. The van der Waals surface area contributed by atoms with Gasteiger partial charge in [0.25, 0.3) is 5.91 Å². The summed E-state index contributed by atoms with van der Waals surface area (Å²) in [6, 6.07) is 12.5. The van der Waals surface area contributed by atoms with Gasteiger partial charge in [0.1, 0.15) is 11.6 Å². The zero-order valence-corrected chi connectivity index (χ0v) is 18.0. The molecule has 0 unspecified atom stereocenters. The number of hydrogen-bond acceptors (Lipinski definition) is 4. The van der Waals surface area contributed by atoms with Crippen molar-refractivity contribution in [3.63, 3.8) is 0 Å². The predicted octanol–water partition coefficient (Wildman–Crippen LogP) is 3.34. The third kappa shape index (κ3) is 4.37. The van der Waals surface area contributed by atoms with Gasteiger partial charge in [0, 0.05) is 33.8 Å². The molecular weight excluding hydrogens is 382 g/mol. The predicted molar refractivity (Wildman–Crippen MR) is 117 cm³/mol. The molecule has 0 spiro atoms. The summed E-state index contributed by atoms with van der Waals surface area (Å²) in [4.78, 5) is 32.6. The van der Waals surface area contributed by atoms with Crippen LogP contribution in [0.25, 0.3) is 11.0 Å². The van der Waals surface area contributed by atoms with Crippen LogP contribution in [0.2, 0.25) is 0 Å². The maximum absolute atomic E-state index is 12.7. The van der Waals surface area contributed by atoms with Crippen molar-refractivity contribution in [2.24, 2.45) is 7.05 Å². The van der Waals surface area contributed by atoms with E-state index in [0.717, 1.165) is 16.9 Å². The van der Waals surface area contributed by atoms with Crippen LogP contribution in [0.5, 0.6) is 5.75 Å². The van der Waals surface area contributed by atoms with Gasteiger partial charge in [0.15, 0.2) is 0 Å². The smallest absolute Gasteiger partial charge is 0.322 e. The molecule has 0 aliphatic heterocycles. The lowest BCUT2D eigenvalue weighted by atomic mass is 10.2. The molecule has 0 atom stereocenters. The van der Waals surface area contributed by atoms with Crippen molar-refractivity contribution in [2.45, 2.75) is 13.5 Å². The van der Waals surface area contributed by atoms with Crippen molar-refractivity contribution < 1.29 is 14.3 Å². The largest absolute Gasteiger partial charge is 0.492 e. The Hall–Kier alpha value is -3.55. The highest BCUT2D eigenvalue weighted by molar-refractivity contribution is 5.97. The summed E-state index contributed by atoms with van der Waals surface area (Å²) >= 11 is 0. The Balaban J connectivity index is 1.77. The lowest BCUT2D eigenvalue weighted by molar-refractivity contribution is 0.0827. The monoisotopic (exact) mass is 409 g/mol. The third-order valence-electron chi connectivity index (χ3n) is 4.78. The SMILES string of the molecule is CCOc1ccccc1NC(=O)N(C)Cc1nc2cc(C(=O)N(C)C)ccc2n1C. The summed E-state index contributed by atoms with van der Waals surface area (Å²) in [6.07, 6.45) is 0. The Kier molecular flexibility index (Phi) is 6.25. The number of aryl methyl sites for hydroxylation is 1. The van der Waals surface area contributed by atoms with Crippen LogP contribution in [0.4, 0.5) is 10.5 Å². The number of amides is 3. The number of imidazole rings is 1. The molecule has 1 heterocycles. The van der Waals surface area contributed by atoms with Crippen molar-refractivity contribution >= 4 is 28.7 Å². The first kappa shape index (κ1) is 21.2. The highest BCUT2D eigenvalue weighted by Gasteiger charge is 2.17. The normalized spacial score (nSPS) is 10.7. The molecule has 0 aliphatic rings. The van der Waals surface area contributed by atoms with Gasteiger partial charge in [0.05, 0.1) is 29.9 Å². The number of anilines is 1. The Morgan fingerprint density at radius 3 is 2.57 bits per heavy atom. The van der Waals surface area contributed by atoms with Crippen LogP contribution < -0.4 is 10.1 Å². The second-order valence-corrected chi connectivity index (χ2v) is 7.21. The van der Waals surface area contributed by atoms with E-state index in [2.05, 4.69) is 10.3 Å². The summed E-state index contributed by atoms with van der Waals surface area (Å²) in [6.45, 7) is 2.72. The van der Waals surface area contributed by atoms with E-state index in [1.165, 1.54) is 4.90 Å². The van der Waals surface area contributed by atoms with Crippen molar-refractivity contribution in [1.29, 1.82) is 0 Å². The molecule has 0 saturated carbocycles. The van der Waals surface area contributed by atoms with E-state index in [4.69, 9.17) is 4.74 Å². The average Bonchev–Trinajstić information content (AvgIpc) is 3.03. The van der Waals surface area contributed by atoms with E-state index < -0.39 is 0 Å². The lowest BCUT2D eigenvalue weighted by Crippen LogP contribution is -2.31. The maximum atomic E-state index is 12.7. The molecule has 3 aromatic rings. The Labute approximate surface area is 176 Å². The number of urea groups is 1. The van der Waals surface area contributed by atoms with Gasteiger partial charge in [-0.05, 0) is 37.3 Å². The quantitative estimate of drug-likeness (QED) is 0.677. The Morgan fingerprint density at radius 1 is 1.13 bits per heavy atom. The number of rotatable bonds is 6. The third-order valence-corrected chi connectivity index (χ3v) is 4.78. The van der Waals surface area contributed by atoms with Crippen LogP contribution in [-0.4, -0.2) is 59.0 Å². The van der Waals surface area contributed by atoms with Gasteiger partial charge in [-0.2, -0.15) is 0 Å². The van der Waals surface area contributed by atoms with Crippen molar-refractivity contribution in [3.8, 4) is 5.75 Å². The van der Waals surface area contributed by atoms with E-state index in [1.807, 2.05) is 42.8 Å². The average molecular weight is 409 g/mol. The highest BCUT2D eigenvalue weighted by atomic mass is 16.5. The summed E-state index contributed by atoms with van der Waals surface area (Å²) in [7, 11) is 7.04. The first-order valence-corrected chi connectivity index (χ1v) is 9.72. The Bertz CT molecular complexity index is 1070. The first-order valence-electron chi connectivity index (χ1n) is 9.72. The van der Waals surface area contributed by atoms with Crippen LogP contribution in [-0.2, 0) is 13.6 Å². The number of nitrogens with one attached hydrogen (secondary N) is 1. The minimum atomic E-state index is -0.266. The van der Waals surface area contributed by atoms with Crippen LogP contribution >= 0.6 is 0 Å². The number of carbonyl (C=O) groups excluding carboxylic acids is 2. The molecule has 8 heteroatoms. The zero-order valence-electron chi connectivity index (χ0n) is 18.0. The molecule has 30 heavy (non-hydrogen) atoms. The second-order valence-electron chi connectivity index (χ2n) is 7.21. The van der Waals surface area contributed by atoms with Crippen molar-refractivity contribution in [3.05, 3.63) is 53.9 Å². The molecule has 0 saturated heterocycles. The van der Waals surface area contributed by atoms with Crippen molar-refractivity contribution in [2.75, 3.05) is 33.1 Å². The number of aromatic nitrogens is 2. The molecule has 1 N–H and O–H groups in total. The lowest BCUT2D eigenvalue weighted by Gasteiger charge is -2.19. The molecule has 2 aromatic carbocycles. The Morgan fingerprint density at radius 2 is 1.87 bits per heavy atom. The van der Waals surface area contributed by atoms with Crippen LogP contribution in [0, 0.1) is 0 Å². The van der Waals surface area contributed by atoms with Gasteiger partial charge in [-0.25, -0.2) is 9.78 Å². The number of fused-ring (bicyclic) bond motifs is 1. The molecule has 1 aromatic heterocycles. The molecule has 0 bridgehead atoms. The number of ether oxygens (including phenoxy) is 1. The van der Waals surface area contributed by atoms with E-state index in [0.29, 0.717) is 30.2 Å². The fourth-order valence-corrected chi connectivity index (χ4v) is 3.13. The number of benzene rings is 2. The zero-order chi connectivity index (χ0) is 21.8. The number of carbonyl (C=O) groups is 2. The first-order chi connectivity index (χ1) is 14.3. The van der Waals surface area contributed by atoms with Gasteiger partial charge in [-0.15, -0.1) is 0 Å². The maximum Gasteiger partial charge on any atom is 0.322 e. The second kappa shape index (κ2) is 8.86. The molecular formula is C22H27N5O3. The topological polar surface area (TPSA) is 79.7 Å². The fourth-order valence-electron chi connectivity index (χ4n) is 3.13. The van der Waals surface area contributed by atoms with Gasteiger partial charge < -0.3 is 24.4 Å². The molecule has 158 valence electrons. The summed E-state index contributed by atoms with van der Waals surface area (Å²) in [5.41, 5.74) is 2.82. The van der Waals surface area contributed by atoms with E-state index >= 15 is 0 Å². The minimum Gasteiger partial charge on any atom is -0.492 e.